The number of anilines is 2. The van der Waals surface area contributed by atoms with E-state index in [1.54, 1.807) is 30.1 Å². The van der Waals surface area contributed by atoms with Crippen LogP contribution in [0.5, 0.6) is 0 Å². The summed E-state index contributed by atoms with van der Waals surface area (Å²) in [7, 11) is 0. The summed E-state index contributed by atoms with van der Waals surface area (Å²) in [4.78, 5) is 22.7. The van der Waals surface area contributed by atoms with Gasteiger partial charge in [-0.25, -0.2) is 9.07 Å². The first-order valence-corrected chi connectivity index (χ1v) is 17.3. The minimum Gasteiger partial charge on any atom is -0.378 e. The normalized spacial score (nSPS) is 20.1. The van der Waals surface area contributed by atoms with Crippen molar-refractivity contribution in [3.63, 3.8) is 0 Å². The molecule has 2 fully saturated rings. The van der Waals surface area contributed by atoms with Crippen LogP contribution in [0.1, 0.15) is 74.2 Å². The topological polar surface area (TPSA) is 98.5 Å². The van der Waals surface area contributed by atoms with Gasteiger partial charge in [0.15, 0.2) is 0 Å². The number of rotatable bonds is 8. The number of hydrogen-bond donors (Lipinski definition) is 3. The number of pyridine rings is 1. The van der Waals surface area contributed by atoms with Crippen molar-refractivity contribution >= 4 is 28.2 Å². The van der Waals surface area contributed by atoms with Crippen molar-refractivity contribution in [1.82, 2.24) is 24.6 Å². The number of allylic oxidation sites excluding steroid dienone is 1. The SMILES string of the molecule is CC1=C(C(=O)Nc2ccc3cnccc3c2)C(c2ccc(C(F)(F)F)c(F)c2)n2nc(C3CCN(C(O)CCN4CCCCC4)CC3)cc2N1. The molecule has 4 aromatic rings. The zero-order valence-corrected chi connectivity index (χ0v) is 27.9. The van der Waals surface area contributed by atoms with Gasteiger partial charge in [0.2, 0.25) is 0 Å². The lowest BCUT2D eigenvalue weighted by atomic mass is 9.93. The molecule has 0 radical (unpaired) electrons. The van der Waals surface area contributed by atoms with E-state index in [0.29, 0.717) is 42.8 Å². The second-order valence-electron chi connectivity index (χ2n) is 13.6. The summed E-state index contributed by atoms with van der Waals surface area (Å²) in [5, 5.41) is 23.8. The number of hydrogen-bond acceptors (Lipinski definition) is 7. The quantitative estimate of drug-likeness (QED) is 0.173. The zero-order valence-electron chi connectivity index (χ0n) is 27.9. The fraction of sp³-hybridized carbons (Fsp3) is 0.432. The van der Waals surface area contributed by atoms with Gasteiger partial charge in [0.1, 0.15) is 23.9 Å². The maximum atomic E-state index is 15.0. The van der Waals surface area contributed by atoms with Crippen LogP contribution in [-0.2, 0) is 11.0 Å². The van der Waals surface area contributed by atoms with Crippen LogP contribution in [-0.4, -0.2) is 74.5 Å². The standard InChI is InChI=1S/C37H41F4N7O2/c1-23-34(36(50)44-28-7-5-27-22-42-13-9-25(27)19-28)35(26-6-8-29(30(38)20-26)37(39,40)41)48-32(43-23)21-31(45-48)24-10-17-47(18-11-24)33(49)12-16-46-14-3-2-4-15-46/h5-9,13,19-22,24,33,35,43,49H,2-4,10-12,14-18H2,1H3,(H,44,50). The molecule has 2 aromatic carbocycles. The highest BCUT2D eigenvalue weighted by Crippen LogP contribution is 2.41. The van der Waals surface area contributed by atoms with Crippen molar-refractivity contribution in [3.05, 3.63) is 94.8 Å². The molecule has 13 heteroatoms. The van der Waals surface area contributed by atoms with Crippen molar-refractivity contribution in [1.29, 1.82) is 0 Å². The number of halogens is 4. The Morgan fingerprint density at radius 2 is 1.80 bits per heavy atom. The number of aliphatic hydroxyl groups is 1. The Balaban J connectivity index is 1.14. The minimum absolute atomic E-state index is 0.0649. The first kappa shape index (κ1) is 34.1. The smallest absolute Gasteiger partial charge is 0.378 e. The second kappa shape index (κ2) is 14.1. The molecule has 50 heavy (non-hydrogen) atoms. The fourth-order valence-corrected chi connectivity index (χ4v) is 7.54. The Labute approximate surface area is 288 Å². The molecular formula is C37H41F4N7O2. The van der Waals surface area contributed by atoms with Gasteiger partial charge in [0.25, 0.3) is 5.91 Å². The molecule has 2 aromatic heterocycles. The lowest BCUT2D eigenvalue weighted by Gasteiger charge is -2.36. The highest BCUT2D eigenvalue weighted by Gasteiger charge is 2.38. The number of piperidine rings is 2. The van der Waals surface area contributed by atoms with E-state index < -0.39 is 35.7 Å². The summed E-state index contributed by atoms with van der Waals surface area (Å²) in [5.41, 5.74) is 0.747. The first-order chi connectivity index (χ1) is 24.0. The molecule has 3 aliphatic heterocycles. The average molecular weight is 692 g/mol. The van der Waals surface area contributed by atoms with Crippen molar-refractivity contribution in [2.45, 2.75) is 69.8 Å². The fourth-order valence-electron chi connectivity index (χ4n) is 7.54. The predicted octanol–water partition coefficient (Wildman–Crippen LogP) is 6.89. The van der Waals surface area contributed by atoms with Crippen molar-refractivity contribution in [2.75, 3.05) is 43.4 Å². The van der Waals surface area contributed by atoms with Gasteiger partial charge < -0.3 is 20.6 Å². The number of likely N-dealkylation sites (tertiary alicyclic amines) is 2. The number of amides is 1. The van der Waals surface area contributed by atoms with Gasteiger partial charge in [-0.15, -0.1) is 0 Å². The van der Waals surface area contributed by atoms with Crippen LogP contribution in [0.2, 0.25) is 0 Å². The van der Waals surface area contributed by atoms with Crippen LogP contribution >= 0.6 is 0 Å². The van der Waals surface area contributed by atoms with Crippen LogP contribution in [0.4, 0.5) is 29.1 Å². The maximum Gasteiger partial charge on any atom is 0.419 e. The van der Waals surface area contributed by atoms with Crippen LogP contribution < -0.4 is 10.6 Å². The number of carbonyl (C=O) groups excluding carboxylic acids is 1. The van der Waals surface area contributed by atoms with E-state index >= 15 is 4.39 Å². The Morgan fingerprint density at radius 1 is 1.02 bits per heavy atom. The van der Waals surface area contributed by atoms with Gasteiger partial charge in [-0.2, -0.15) is 18.3 Å². The molecule has 5 heterocycles. The lowest BCUT2D eigenvalue weighted by molar-refractivity contribution is -0.140. The number of aromatic nitrogens is 3. The van der Waals surface area contributed by atoms with Crippen LogP contribution in [0.15, 0.2) is 72.2 Å². The number of nitrogens with zero attached hydrogens (tertiary/aromatic N) is 5. The summed E-state index contributed by atoms with van der Waals surface area (Å²) in [6, 6.07) is 10.9. The summed E-state index contributed by atoms with van der Waals surface area (Å²) in [6.45, 7) is 6.17. The molecule has 0 bridgehead atoms. The molecule has 0 aliphatic carbocycles. The Kier molecular flexibility index (Phi) is 9.64. The van der Waals surface area contributed by atoms with Gasteiger partial charge >= 0.3 is 6.18 Å². The third kappa shape index (κ3) is 7.12. The van der Waals surface area contributed by atoms with Crippen LogP contribution in [0.25, 0.3) is 10.8 Å². The number of nitrogens with one attached hydrogen (secondary N) is 2. The summed E-state index contributed by atoms with van der Waals surface area (Å²) in [5.74, 6) is -1.30. The largest absolute Gasteiger partial charge is 0.419 e. The molecular weight excluding hydrogens is 650 g/mol. The van der Waals surface area contributed by atoms with Crippen molar-refractivity contribution in [2.24, 2.45) is 0 Å². The summed E-state index contributed by atoms with van der Waals surface area (Å²) in [6.07, 6.45) is 3.90. The number of benzene rings is 2. The monoisotopic (exact) mass is 691 g/mol. The molecule has 2 unspecified atom stereocenters. The Morgan fingerprint density at radius 3 is 2.54 bits per heavy atom. The van der Waals surface area contributed by atoms with Gasteiger partial charge in [0.05, 0.1) is 16.8 Å². The summed E-state index contributed by atoms with van der Waals surface area (Å²) >= 11 is 0. The van der Waals surface area contributed by atoms with Gasteiger partial charge in [-0.1, -0.05) is 18.6 Å². The lowest BCUT2D eigenvalue weighted by Crippen LogP contribution is -2.43. The second-order valence-corrected chi connectivity index (χ2v) is 13.6. The molecule has 9 nitrogen and oxygen atoms in total. The third-order valence-electron chi connectivity index (χ3n) is 10.3. The van der Waals surface area contributed by atoms with E-state index in [1.165, 1.54) is 25.3 Å². The van der Waals surface area contributed by atoms with E-state index in [2.05, 4.69) is 25.4 Å². The molecule has 264 valence electrons. The molecule has 1 amide bonds. The van der Waals surface area contributed by atoms with Crippen LogP contribution in [0.3, 0.4) is 0 Å². The van der Waals surface area contributed by atoms with E-state index in [4.69, 9.17) is 5.10 Å². The minimum atomic E-state index is -4.87. The van der Waals surface area contributed by atoms with E-state index in [-0.39, 0.29) is 17.1 Å². The van der Waals surface area contributed by atoms with Crippen LogP contribution in [0, 0.1) is 5.82 Å². The van der Waals surface area contributed by atoms with Gasteiger partial charge in [0, 0.05) is 60.8 Å². The third-order valence-corrected chi connectivity index (χ3v) is 10.3. The Hall–Kier alpha value is -4.33. The number of fused-ring (bicyclic) bond motifs is 2. The van der Waals surface area contributed by atoms with E-state index in [0.717, 1.165) is 55.0 Å². The molecule has 0 spiro atoms. The first-order valence-electron chi connectivity index (χ1n) is 17.3. The van der Waals surface area contributed by atoms with E-state index in [9.17, 15) is 23.1 Å². The molecule has 3 N–H and O–H groups in total. The molecule has 2 saturated heterocycles. The molecule has 7 rings (SSSR count). The van der Waals surface area contributed by atoms with Crippen molar-refractivity contribution < 1.29 is 27.5 Å². The zero-order chi connectivity index (χ0) is 35.0. The number of alkyl halides is 3. The van der Waals surface area contributed by atoms with Gasteiger partial charge in [-0.05, 0) is 93.4 Å². The average Bonchev–Trinajstić information content (AvgIpc) is 3.53. The van der Waals surface area contributed by atoms with E-state index in [1.807, 2.05) is 24.3 Å². The molecule has 0 saturated carbocycles. The highest BCUT2D eigenvalue weighted by molar-refractivity contribution is 6.06. The highest BCUT2D eigenvalue weighted by atomic mass is 19.4. The summed E-state index contributed by atoms with van der Waals surface area (Å²) < 4.78 is 57.2. The van der Waals surface area contributed by atoms with Crippen molar-refractivity contribution in [3.8, 4) is 0 Å². The molecule has 2 atom stereocenters. The Bertz CT molecular complexity index is 1890. The maximum absolute atomic E-state index is 15.0. The molecule has 3 aliphatic rings. The van der Waals surface area contributed by atoms with Gasteiger partial charge in [-0.3, -0.25) is 14.7 Å². The number of aliphatic hydroxyl groups excluding tert-OH is 1. The predicted molar refractivity (Wildman–Crippen MR) is 183 cm³/mol. The number of carbonyl (C=O) groups is 1.